The fourth-order valence-corrected chi connectivity index (χ4v) is 6.24. The second-order valence-electron chi connectivity index (χ2n) is 10.2. The molecule has 0 aliphatic heterocycles. The number of carbonyl (C=O) groups is 2. The molecule has 230 valence electrons. The number of anilines is 1. The lowest BCUT2D eigenvalue weighted by molar-refractivity contribution is -0.140. The van der Waals surface area contributed by atoms with E-state index in [0.29, 0.717) is 17.9 Å². The van der Waals surface area contributed by atoms with Crippen LogP contribution in [0.5, 0.6) is 5.75 Å². The molecule has 2 amide bonds. The highest BCUT2D eigenvalue weighted by molar-refractivity contribution is 7.92. The monoisotopic (exact) mass is 617 g/mol. The SMILES string of the molecule is CCNC(=O)[C@H](Cc1ccccc1)N(Cc1cccc(OC)c1)C(=O)CN(c1ccccc1F)S(=O)(=O)c1ccc(C)cc1. The number of rotatable bonds is 13. The van der Waals surface area contributed by atoms with Crippen molar-refractivity contribution in [2.45, 2.75) is 37.8 Å². The van der Waals surface area contributed by atoms with Gasteiger partial charge in [-0.3, -0.25) is 13.9 Å². The Bertz CT molecular complexity index is 1680. The Labute approximate surface area is 258 Å². The molecule has 0 aromatic heterocycles. The highest BCUT2D eigenvalue weighted by Gasteiger charge is 2.35. The first kappa shape index (κ1) is 32.2. The molecule has 0 bridgehead atoms. The fourth-order valence-electron chi connectivity index (χ4n) is 4.82. The molecule has 1 atom stereocenters. The molecule has 0 spiro atoms. The summed E-state index contributed by atoms with van der Waals surface area (Å²) in [7, 11) is -2.87. The van der Waals surface area contributed by atoms with Gasteiger partial charge in [0, 0.05) is 19.5 Å². The highest BCUT2D eigenvalue weighted by Crippen LogP contribution is 2.27. The van der Waals surface area contributed by atoms with Crippen molar-refractivity contribution in [1.82, 2.24) is 10.2 Å². The Morgan fingerprint density at radius 3 is 2.20 bits per heavy atom. The van der Waals surface area contributed by atoms with Crippen molar-refractivity contribution in [2.75, 3.05) is 24.5 Å². The number of ether oxygens (including phenoxy) is 1. The summed E-state index contributed by atoms with van der Waals surface area (Å²) in [6.07, 6.45) is 0.173. The van der Waals surface area contributed by atoms with Crippen molar-refractivity contribution in [3.05, 3.63) is 126 Å². The van der Waals surface area contributed by atoms with Crippen LogP contribution in [0.4, 0.5) is 10.1 Å². The predicted molar refractivity (Wildman–Crippen MR) is 168 cm³/mol. The van der Waals surface area contributed by atoms with E-state index in [-0.39, 0.29) is 23.5 Å². The van der Waals surface area contributed by atoms with Crippen LogP contribution in [0.15, 0.2) is 108 Å². The van der Waals surface area contributed by atoms with Crippen LogP contribution in [0.2, 0.25) is 0 Å². The number of sulfonamides is 1. The number of nitrogens with zero attached hydrogens (tertiary/aromatic N) is 2. The Kier molecular flexibility index (Phi) is 10.7. The lowest BCUT2D eigenvalue weighted by Crippen LogP contribution is -2.53. The number of benzene rings is 4. The quantitative estimate of drug-likeness (QED) is 0.225. The molecule has 8 nitrogen and oxygen atoms in total. The number of para-hydroxylation sites is 1. The first-order valence-electron chi connectivity index (χ1n) is 14.2. The van der Waals surface area contributed by atoms with Crippen molar-refractivity contribution in [1.29, 1.82) is 0 Å². The summed E-state index contributed by atoms with van der Waals surface area (Å²) in [5.41, 5.74) is 2.04. The number of hydrogen-bond donors (Lipinski definition) is 1. The molecular formula is C34H36FN3O5S. The van der Waals surface area contributed by atoms with E-state index in [1.807, 2.05) is 37.3 Å². The van der Waals surface area contributed by atoms with Crippen molar-refractivity contribution >= 4 is 27.5 Å². The van der Waals surface area contributed by atoms with Gasteiger partial charge in [-0.1, -0.05) is 72.3 Å². The average Bonchev–Trinajstić information content (AvgIpc) is 3.02. The molecule has 4 aromatic rings. The normalized spacial score (nSPS) is 11.8. The van der Waals surface area contributed by atoms with Crippen LogP contribution in [-0.4, -0.2) is 51.4 Å². The predicted octanol–water partition coefficient (Wildman–Crippen LogP) is 5.11. The topological polar surface area (TPSA) is 96.0 Å². The number of aryl methyl sites for hydroxylation is 1. The van der Waals surface area contributed by atoms with Gasteiger partial charge in [-0.25, -0.2) is 12.8 Å². The van der Waals surface area contributed by atoms with Crippen molar-refractivity contribution in [3.63, 3.8) is 0 Å². The number of likely N-dealkylation sites (N-methyl/N-ethyl adjacent to an activating group) is 1. The van der Waals surface area contributed by atoms with Crippen LogP contribution < -0.4 is 14.4 Å². The van der Waals surface area contributed by atoms with Gasteiger partial charge in [0.25, 0.3) is 10.0 Å². The summed E-state index contributed by atoms with van der Waals surface area (Å²) in [5.74, 6) is -1.33. The summed E-state index contributed by atoms with van der Waals surface area (Å²) in [6.45, 7) is 3.15. The van der Waals surface area contributed by atoms with Crippen molar-refractivity contribution in [3.8, 4) is 5.75 Å². The van der Waals surface area contributed by atoms with Gasteiger partial charge in [-0.15, -0.1) is 0 Å². The minimum absolute atomic E-state index is 0.0274. The van der Waals surface area contributed by atoms with E-state index in [9.17, 15) is 18.0 Å². The van der Waals surface area contributed by atoms with E-state index in [2.05, 4.69) is 5.32 Å². The molecule has 0 aliphatic carbocycles. The molecule has 44 heavy (non-hydrogen) atoms. The third kappa shape index (κ3) is 7.82. The van der Waals surface area contributed by atoms with Crippen LogP contribution in [-0.2, 0) is 32.6 Å². The van der Waals surface area contributed by atoms with Gasteiger partial charge >= 0.3 is 0 Å². The Balaban J connectivity index is 1.81. The van der Waals surface area contributed by atoms with Crippen LogP contribution in [0.1, 0.15) is 23.6 Å². The van der Waals surface area contributed by atoms with Crippen LogP contribution >= 0.6 is 0 Å². The zero-order chi connectivity index (χ0) is 31.7. The zero-order valence-electron chi connectivity index (χ0n) is 24.9. The van der Waals surface area contributed by atoms with Crippen molar-refractivity contribution < 1.29 is 27.1 Å². The Morgan fingerprint density at radius 2 is 1.55 bits per heavy atom. The maximum Gasteiger partial charge on any atom is 0.264 e. The molecule has 4 aromatic carbocycles. The largest absolute Gasteiger partial charge is 0.497 e. The third-order valence-electron chi connectivity index (χ3n) is 7.12. The Morgan fingerprint density at radius 1 is 0.886 bits per heavy atom. The molecule has 0 unspecified atom stereocenters. The molecule has 1 N–H and O–H groups in total. The van der Waals surface area contributed by atoms with Gasteiger partial charge in [0.15, 0.2) is 0 Å². The molecule has 0 saturated heterocycles. The second kappa shape index (κ2) is 14.7. The number of nitrogens with one attached hydrogen (secondary N) is 1. The summed E-state index contributed by atoms with van der Waals surface area (Å²) >= 11 is 0. The van der Waals surface area contributed by atoms with E-state index in [1.54, 1.807) is 43.3 Å². The second-order valence-corrected chi connectivity index (χ2v) is 12.1. The summed E-state index contributed by atoms with van der Waals surface area (Å²) < 4.78 is 49.3. The minimum atomic E-state index is -4.40. The molecule has 4 rings (SSSR count). The molecule has 0 saturated carbocycles. The van der Waals surface area contributed by atoms with E-state index in [1.165, 1.54) is 42.3 Å². The third-order valence-corrected chi connectivity index (χ3v) is 8.89. The molecule has 0 aliphatic rings. The maximum atomic E-state index is 15.2. The van der Waals surface area contributed by atoms with Crippen LogP contribution in [0.25, 0.3) is 0 Å². The van der Waals surface area contributed by atoms with Gasteiger partial charge < -0.3 is 15.0 Å². The van der Waals surface area contributed by atoms with Crippen LogP contribution in [0, 0.1) is 12.7 Å². The van der Waals surface area contributed by atoms with Gasteiger partial charge in [-0.05, 0) is 61.4 Å². The number of hydrogen-bond acceptors (Lipinski definition) is 5. The van der Waals surface area contributed by atoms with E-state index >= 15 is 4.39 Å². The van der Waals surface area contributed by atoms with E-state index < -0.39 is 40.2 Å². The van der Waals surface area contributed by atoms with E-state index in [0.717, 1.165) is 21.5 Å². The minimum Gasteiger partial charge on any atom is -0.497 e. The van der Waals surface area contributed by atoms with E-state index in [4.69, 9.17) is 4.74 Å². The number of amides is 2. The summed E-state index contributed by atoms with van der Waals surface area (Å²) in [5, 5.41) is 2.82. The lowest BCUT2D eigenvalue weighted by atomic mass is 10.0. The molecule has 0 fully saturated rings. The fraction of sp³-hybridized carbons (Fsp3) is 0.235. The smallest absolute Gasteiger partial charge is 0.264 e. The van der Waals surface area contributed by atoms with Gasteiger partial charge in [0.2, 0.25) is 11.8 Å². The molecule has 10 heteroatoms. The Hall–Kier alpha value is -4.70. The first-order chi connectivity index (χ1) is 21.1. The zero-order valence-corrected chi connectivity index (χ0v) is 25.8. The highest BCUT2D eigenvalue weighted by atomic mass is 32.2. The van der Waals surface area contributed by atoms with Gasteiger partial charge in [0.05, 0.1) is 17.7 Å². The van der Waals surface area contributed by atoms with Crippen LogP contribution in [0.3, 0.4) is 0 Å². The standard InChI is InChI=1S/C34H36FN3O5S/c1-4-36-34(40)32(22-26-11-6-5-7-12-26)37(23-27-13-10-14-28(21-27)43-3)33(39)24-38(31-16-9-8-15-30(31)35)44(41,42)29-19-17-25(2)18-20-29/h5-21,32H,4,22-24H2,1-3H3,(H,36,40)/t32-/m0/s1. The lowest BCUT2D eigenvalue weighted by Gasteiger charge is -2.34. The van der Waals surface area contributed by atoms with Gasteiger partial charge in [0.1, 0.15) is 24.2 Å². The number of halogens is 1. The summed E-state index contributed by atoms with van der Waals surface area (Å²) in [4.78, 5) is 29.2. The average molecular weight is 618 g/mol. The number of methoxy groups -OCH3 is 1. The van der Waals surface area contributed by atoms with Crippen molar-refractivity contribution in [2.24, 2.45) is 0 Å². The molecule has 0 heterocycles. The summed E-state index contributed by atoms with van der Waals surface area (Å²) in [6, 6.07) is 26.8. The molecular weight excluding hydrogens is 581 g/mol. The van der Waals surface area contributed by atoms with Gasteiger partial charge in [-0.2, -0.15) is 0 Å². The maximum absolute atomic E-state index is 15.2. The number of carbonyl (C=O) groups excluding carboxylic acids is 2. The molecule has 0 radical (unpaired) electrons. The first-order valence-corrected chi connectivity index (χ1v) is 15.7.